The maximum atomic E-state index is 11.6. The molecule has 33 heavy (non-hydrogen) atoms. The highest BCUT2D eigenvalue weighted by Gasteiger charge is 2.16. The average Bonchev–Trinajstić information content (AvgIpc) is 2.86. The molecule has 5 heteroatoms. The summed E-state index contributed by atoms with van der Waals surface area (Å²) in [5.74, 6) is 1.42. The maximum Gasteiger partial charge on any atom is 0.224 e. The van der Waals surface area contributed by atoms with E-state index in [2.05, 4.69) is 65.3 Å². The normalized spacial score (nSPS) is 13.7. The molecular formula is C28H32N4O. The molecule has 3 aromatic rings. The Kier molecular flexibility index (Phi) is 7.18. The highest BCUT2D eigenvalue weighted by molar-refractivity contribution is 5.94. The number of carbonyl (C=O) groups is 1. The van der Waals surface area contributed by atoms with Gasteiger partial charge in [-0.05, 0) is 66.0 Å². The van der Waals surface area contributed by atoms with Gasteiger partial charge in [-0.25, -0.2) is 9.97 Å². The summed E-state index contributed by atoms with van der Waals surface area (Å²) < 4.78 is 0. The predicted molar refractivity (Wildman–Crippen MR) is 136 cm³/mol. The lowest BCUT2D eigenvalue weighted by Crippen LogP contribution is -2.18. The number of hydrogen-bond acceptors (Lipinski definition) is 4. The molecule has 1 aliphatic rings. The summed E-state index contributed by atoms with van der Waals surface area (Å²) in [5, 5.41) is 6.43. The molecule has 0 fully saturated rings. The molecule has 1 unspecified atom stereocenters. The van der Waals surface area contributed by atoms with Crippen LogP contribution in [0, 0.1) is 0 Å². The van der Waals surface area contributed by atoms with Crippen molar-refractivity contribution < 1.29 is 4.79 Å². The average molecular weight is 441 g/mol. The molecule has 170 valence electrons. The number of fused-ring (bicyclic) bond motifs is 1. The molecule has 2 heterocycles. The highest BCUT2D eigenvalue weighted by Crippen LogP contribution is 2.30. The molecule has 0 bridgehead atoms. The molecule has 2 aromatic carbocycles. The van der Waals surface area contributed by atoms with Crippen LogP contribution < -0.4 is 10.6 Å². The molecule has 0 spiro atoms. The topological polar surface area (TPSA) is 66.9 Å². The molecule has 0 saturated heterocycles. The molecule has 5 nitrogen and oxygen atoms in total. The second kappa shape index (κ2) is 10.4. The van der Waals surface area contributed by atoms with E-state index in [0.717, 1.165) is 60.6 Å². The Morgan fingerprint density at radius 3 is 2.79 bits per heavy atom. The van der Waals surface area contributed by atoms with Crippen molar-refractivity contribution in [1.82, 2.24) is 9.97 Å². The summed E-state index contributed by atoms with van der Waals surface area (Å²) >= 11 is 0. The Bertz CT molecular complexity index is 1150. The number of hydrogen-bond donors (Lipinski definition) is 2. The minimum Gasteiger partial charge on any atom is -0.370 e. The van der Waals surface area contributed by atoms with E-state index >= 15 is 0 Å². The van der Waals surface area contributed by atoms with Crippen molar-refractivity contribution in [1.29, 1.82) is 0 Å². The van der Waals surface area contributed by atoms with Gasteiger partial charge in [-0.15, -0.1) is 0 Å². The van der Waals surface area contributed by atoms with E-state index in [0.29, 0.717) is 12.3 Å². The van der Waals surface area contributed by atoms with Crippen LogP contribution in [0.1, 0.15) is 61.3 Å². The van der Waals surface area contributed by atoms with E-state index in [1.165, 1.54) is 16.7 Å². The van der Waals surface area contributed by atoms with Gasteiger partial charge >= 0.3 is 0 Å². The van der Waals surface area contributed by atoms with Crippen molar-refractivity contribution in [2.45, 2.75) is 51.9 Å². The van der Waals surface area contributed by atoms with Crippen LogP contribution >= 0.6 is 0 Å². The molecule has 0 aliphatic carbocycles. The number of anilines is 2. The second-order valence-corrected chi connectivity index (χ2v) is 8.55. The van der Waals surface area contributed by atoms with Crippen molar-refractivity contribution in [3.05, 3.63) is 77.6 Å². The van der Waals surface area contributed by atoms with Crippen molar-refractivity contribution in [3.8, 4) is 11.3 Å². The molecule has 1 aliphatic heterocycles. The molecule has 0 saturated carbocycles. The molecule has 1 amide bonds. The monoisotopic (exact) mass is 440 g/mol. The molecule has 1 aromatic heterocycles. The minimum absolute atomic E-state index is 0.0804. The van der Waals surface area contributed by atoms with Gasteiger partial charge in [0.25, 0.3) is 0 Å². The number of carbonyl (C=O) groups excluding carboxylic acids is 1. The van der Waals surface area contributed by atoms with Crippen LogP contribution in [0.25, 0.3) is 17.3 Å². The van der Waals surface area contributed by atoms with Crippen molar-refractivity contribution in [2.24, 2.45) is 0 Å². The summed E-state index contributed by atoms with van der Waals surface area (Å²) in [6, 6.07) is 14.8. The van der Waals surface area contributed by atoms with Crippen LogP contribution in [0.4, 0.5) is 11.5 Å². The van der Waals surface area contributed by atoms with Crippen LogP contribution in [-0.2, 0) is 17.6 Å². The fraction of sp³-hybridized carbons (Fsp3) is 0.321. The van der Waals surface area contributed by atoms with E-state index in [9.17, 15) is 4.79 Å². The van der Waals surface area contributed by atoms with E-state index in [1.54, 1.807) is 6.33 Å². The first-order chi connectivity index (χ1) is 16.1. The second-order valence-electron chi connectivity index (χ2n) is 8.55. The number of nitrogens with zero attached hydrogens (tertiary/aromatic N) is 2. The summed E-state index contributed by atoms with van der Waals surface area (Å²) in [5.41, 5.74) is 8.01. The Morgan fingerprint density at radius 2 is 2.00 bits per heavy atom. The largest absolute Gasteiger partial charge is 0.370 e. The zero-order valence-corrected chi connectivity index (χ0v) is 19.5. The first-order valence-electron chi connectivity index (χ1n) is 11.9. The van der Waals surface area contributed by atoms with Gasteiger partial charge in [0.15, 0.2) is 0 Å². The zero-order chi connectivity index (χ0) is 23.2. The Hall–Kier alpha value is -3.47. The van der Waals surface area contributed by atoms with Gasteiger partial charge in [0.1, 0.15) is 12.1 Å². The highest BCUT2D eigenvalue weighted by atomic mass is 16.1. The summed E-state index contributed by atoms with van der Waals surface area (Å²) in [6.07, 6.45) is 7.98. The first kappa shape index (κ1) is 22.7. The molecule has 0 radical (unpaired) electrons. The summed E-state index contributed by atoms with van der Waals surface area (Å²) in [4.78, 5) is 20.5. The zero-order valence-electron chi connectivity index (χ0n) is 19.5. The number of aryl methyl sites for hydroxylation is 2. The van der Waals surface area contributed by atoms with Gasteiger partial charge in [0.05, 0.1) is 5.69 Å². The third kappa shape index (κ3) is 5.30. The van der Waals surface area contributed by atoms with Crippen molar-refractivity contribution in [3.63, 3.8) is 0 Å². The fourth-order valence-corrected chi connectivity index (χ4v) is 4.57. The molecule has 1 atom stereocenters. The maximum absolute atomic E-state index is 11.6. The van der Waals surface area contributed by atoms with Crippen molar-refractivity contribution in [2.75, 3.05) is 17.2 Å². The van der Waals surface area contributed by atoms with Crippen LogP contribution in [-0.4, -0.2) is 22.4 Å². The lowest BCUT2D eigenvalue weighted by atomic mass is 9.87. The van der Waals surface area contributed by atoms with Crippen LogP contribution in [0.15, 0.2) is 55.4 Å². The molecule has 4 rings (SSSR count). The Balaban J connectivity index is 1.43. The minimum atomic E-state index is 0.0804. The Labute approximate surface area is 196 Å². The molecular weight excluding hydrogens is 408 g/mol. The lowest BCUT2D eigenvalue weighted by Gasteiger charge is -2.20. The van der Waals surface area contributed by atoms with Gasteiger partial charge in [-0.2, -0.15) is 0 Å². The number of benzene rings is 2. The van der Waals surface area contributed by atoms with E-state index < -0.39 is 0 Å². The van der Waals surface area contributed by atoms with E-state index in [-0.39, 0.29) is 5.91 Å². The quantitative estimate of drug-likeness (QED) is 0.414. The number of aromatic nitrogens is 2. The van der Waals surface area contributed by atoms with Crippen LogP contribution in [0.2, 0.25) is 0 Å². The van der Waals surface area contributed by atoms with Gasteiger partial charge in [-0.1, -0.05) is 50.8 Å². The lowest BCUT2D eigenvalue weighted by molar-refractivity contribution is -0.116. The SMILES string of the molecule is C=Cc1ccc(C(CC)CCNc2cc(-c3ccc4c(c3)CCC(=O)N4)ncn2)c(CC)c1. The first-order valence-corrected chi connectivity index (χ1v) is 11.9. The number of amides is 1. The van der Waals surface area contributed by atoms with Gasteiger partial charge < -0.3 is 10.6 Å². The van der Waals surface area contributed by atoms with Crippen molar-refractivity contribution >= 4 is 23.5 Å². The smallest absolute Gasteiger partial charge is 0.224 e. The standard InChI is InChI=1S/C28H32N4O/c1-4-19-7-10-24(21(6-3)15-19)20(5-2)13-14-29-27-17-26(30-18-31-27)23-8-11-25-22(16-23)9-12-28(33)32-25/h4,7-8,10-11,15-18,20H,1,5-6,9,12-14H2,2-3H3,(H,32,33)(H,29,30,31). The Morgan fingerprint density at radius 1 is 1.12 bits per heavy atom. The van der Waals surface area contributed by atoms with Crippen LogP contribution in [0.3, 0.4) is 0 Å². The number of nitrogens with one attached hydrogen (secondary N) is 2. The van der Waals surface area contributed by atoms with Gasteiger partial charge in [-0.3, -0.25) is 4.79 Å². The fourth-order valence-electron chi connectivity index (χ4n) is 4.57. The van der Waals surface area contributed by atoms with Crippen LogP contribution in [0.5, 0.6) is 0 Å². The number of rotatable bonds is 9. The summed E-state index contributed by atoms with van der Waals surface area (Å²) in [6.45, 7) is 9.22. The van der Waals surface area contributed by atoms with Gasteiger partial charge in [0, 0.05) is 30.3 Å². The predicted octanol–water partition coefficient (Wildman–Crippen LogP) is 6.23. The summed E-state index contributed by atoms with van der Waals surface area (Å²) in [7, 11) is 0. The third-order valence-electron chi connectivity index (χ3n) is 6.48. The third-order valence-corrected chi connectivity index (χ3v) is 6.48. The van der Waals surface area contributed by atoms with Gasteiger partial charge in [0.2, 0.25) is 5.91 Å². The molecule has 2 N–H and O–H groups in total. The van der Waals surface area contributed by atoms with E-state index in [4.69, 9.17) is 0 Å². The van der Waals surface area contributed by atoms with E-state index in [1.807, 2.05) is 24.3 Å².